The van der Waals surface area contributed by atoms with Gasteiger partial charge in [-0.1, -0.05) is 7.43 Å². The summed E-state index contributed by atoms with van der Waals surface area (Å²) in [4.78, 5) is 106. The Hall–Kier alpha value is 0.723. The first kappa shape index (κ1) is 167. The second-order valence-electron chi connectivity index (χ2n) is 31.3. The predicted molar refractivity (Wildman–Crippen MR) is 581 cm³/mol. The summed E-state index contributed by atoms with van der Waals surface area (Å²) in [5.41, 5.74) is 31.6. The number of nitrogens with two attached hydrogens (primary N) is 6. The lowest BCUT2D eigenvalue weighted by Crippen LogP contribution is -2.47. The van der Waals surface area contributed by atoms with Crippen molar-refractivity contribution in [1.29, 1.82) is 0 Å². The van der Waals surface area contributed by atoms with E-state index in [4.69, 9.17) is 193 Å². The monoisotopic (exact) mass is 2250 g/mol. The van der Waals surface area contributed by atoms with E-state index >= 15 is 0 Å². The van der Waals surface area contributed by atoms with Crippen LogP contribution in [-0.4, -0.2) is 515 Å². The second-order valence-corrected chi connectivity index (χ2v) is 63.7. The van der Waals surface area contributed by atoms with Crippen molar-refractivity contribution in [3.05, 3.63) is 0 Å². The normalized spacial score (nSPS) is 12.2. The molecule has 0 fully saturated rings. The first-order valence-electron chi connectivity index (χ1n) is 47.7. The summed E-state index contributed by atoms with van der Waals surface area (Å²) in [6.45, 7) is 41.2. The highest BCUT2D eigenvalue weighted by molar-refractivity contribution is 6.64. The van der Waals surface area contributed by atoms with E-state index in [9.17, 15) is 0 Å². The molecule has 0 atom stereocenters. The fourth-order valence-corrected chi connectivity index (χ4v) is 30.4. The molecule has 0 radical (unpaired) electrons. The molecule has 0 spiro atoms. The molecule has 0 rings (SSSR count). The van der Waals surface area contributed by atoms with Gasteiger partial charge in [-0.05, 0) is 278 Å². The Bertz CT molecular complexity index is 2300. The molecule has 59 heteroatoms. The van der Waals surface area contributed by atoms with Crippen LogP contribution in [0, 0.1) is 0 Å². The summed E-state index contributed by atoms with van der Waals surface area (Å²) in [7, 11) is 10.4. The minimum Gasteiger partial charge on any atom is -0.411 e. The molecule has 0 unspecified atom stereocenters. The Morgan fingerprint density at radius 2 is 0.324 bits per heavy atom. The van der Waals surface area contributed by atoms with Crippen molar-refractivity contribution in [3.8, 4) is 0 Å². The van der Waals surface area contributed by atoms with Gasteiger partial charge in [0.2, 0.25) is 0 Å². The smallest absolute Gasteiger partial charge is 0.411 e. The third-order valence-corrected chi connectivity index (χ3v) is 45.4. The molecule has 0 heterocycles. The van der Waals surface area contributed by atoms with Crippen LogP contribution in [0.4, 0.5) is 0 Å². The van der Waals surface area contributed by atoms with E-state index in [1.54, 1.807) is 85.3 Å². The zero-order valence-electron chi connectivity index (χ0n) is 93.6. The minimum absolute atomic E-state index is 0. The molecule has 0 aliphatic carbocycles. The van der Waals surface area contributed by atoms with Gasteiger partial charge in [-0.15, -0.1) is 0 Å². The molecule has 0 saturated carbocycles. The maximum atomic E-state index is 8.93. The Morgan fingerprint density at radius 3 is 0.482 bits per heavy atom. The van der Waals surface area contributed by atoms with Crippen molar-refractivity contribution in [2.24, 2.45) is 34.4 Å². The van der Waals surface area contributed by atoms with Crippen molar-refractivity contribution in [2.75, 3.05) is 328 Å². The van der Waals surface area contributed by atoms with Crippen molar-refractivity contribution in [1.82, 2.24) is 29.4 Å². The van der Waals surface area contributed by atoms with E-state index in [-0.39, 0.29) is 32.1 Å². The fraction of sp³-hybridized carbons (Fsp3) is 1.00. The fourth-order valence-electron chi connectivity index (χ4n) is 10.8. The quantitative estimate of drug-likeness (QED) is 0.0389. The summed E-state index contributed by atoms with van der Waals surface area (Å²) < 4.78 is 131. The Balaban J connectivity index is -0.000000114. The lowest BCUT2D eigenvalue weighted by molar-refractivity contribution is 0.0689. The highest BCUT2D eigenvalue weighted by Gasteiger charge is 2.45. The summed E-state index contributed by atoms with van der Waals surface area (Å²) >= 11 is 0. The molecule has 860 valence electrons. The van der Waals surface area contributed by atoms with Gasteiger partial charge < -0.3 is 223 Å². The molecule has 139 heavy (non-hydrogen) atoms. The van der Waals surface area contributed by atoms with Crippen LogP contribution in [0.15, 0.2) is 0 Å². The molecule has 23 N–H and O–H groups in total. The summed E-state index contributed by atoms with van der Waals surface area (Å²) in [6.07, 6.45) is 4.96. The molecule has 0 bridgehead atoms. The van der Waals surface area contributed by atoms with Gasteiger partial charge in [0, 0.05) is 250 Å². The van der Waals surface area contributed by atoms with Crippen molar-refractivity contribution < 1.29 is 159 Å². The van der Waals surface area contributed by atoms with E-state index < -0.39 is 105 Å². The van der Waals surface area contributed by atoms with Crippen molar-refractivity contribution >= 4 is 105 Å². The van der Waals surface area contributed by atoms with Gasteiger partial charge in [-0.2, -0.15) is 0 Å². The van der Waals surface area contributed by atoms with Gasteiger partial charge in [0.05, 0.1) is 0 Å². The molecule has 0 aliphatic rings. The average molecular weight is 2250 g/mol. The lowest BCUT2D eigenvalue weighted by atomic mass is 10.5. The van der Waals surface area contributed by atoms with Crippen LogP contribution >= 0.6 is 0 Å². The van der Waals surface area contributed by atoms with Gasteiger partial charge in [-0.3, -0.25) is 0 Å². The van der Waals surface area contributed by atoms with Crippen molar-refractivity contribution in [2.45, 2.75) is 208 Å². The topological polar surface area (TPSA) is 620 Å². The third kappa shape index (κ3) is 114. The first-order valence-corrected chi connectivity index (χ1v) is 71.9. The number of nitrogens with zero attached hydrogens (tertiary/aromatic N) is 6. The van der Waals surface area contributed by atoms with Crippen molar-refractivity contribution in [3.63, 3.8) is 0 Å². The number of hydrogen-bond donors (Lipinski definition) is 17. The minimum atomic E-state index is -3.78. The molecule has 0 aliphatic heterocycles. The summed E-state index contributed by atoms with van der Waals surface area (Å²) in [6, 6.07) is 7.04. The Kier molecular flexibility index (Phi) is 129. The van der Waals surface area contributed by atoms with Crippen LogP contribution in [0.2, 0.25) is 79.1 Å². The second kappa shape index (κ2) is 107. The van der Waals surface area contributed by atoms with Gasteiger partial charge >= 0.3 is 105 Å². The molecular weight excluding hydrogens is 2030 g/mol. The highest BCUT2D eigenvalue weighted by atomic mass is 28.4. The number of rotatable bonds is 72. The van der Waals surface area contributed by atoms with E-state index in [0.717, 1.165) is 101 Å². The standard InChI is InChI=1S/C11H27NO3Si.C10H25NO3Si.C9H23NO3Si.2C8H21NO3Si.C7H19NO3Si.C6H17NO3Si.2C5H15NO3Si.C5H15NO2Si.C3H11NO3Si.C2H9NO3Si.CH4/c1-6-13-16(14-7-2,15-8-3)11-9-10-12(4)5;1-6-12-15(13-7-2,14-8-3)10-9-11(4)5;1-4-11-14(12-5-2,13-6-3)9-7-8-10;1-9(2)7-6-8-13(10-3,11-4)12-5;1-4-10-13(8-7-9,11-5-2)12-6-3;1-8(2)6-7-12(9-3,10-4)11-5;1-8-11(9-2,10-3)6-4-5-7;1-7-10(8-2,9-3)5-4-6;1-6(2)4-3-5-10(7,8)9;1-6(2)4-5-9(3,7)8;4-2-1-3-8(5,6)7;3-1-2-7(4,5)6;/h6-11H2,1-5H3;6-10H2,1-5H3;4-10H2,1-3H3;6-8H2,1-5H3;4-9H2,1-3H3;6-7H2,1-5H3;4-7H2,1-3H3;4-6H2,1-3H3;7-9H,3-5H2,1-2H3;7-8H,4-5H2,1-3H3;5-7H,1-4H2;4-6H,1-3H2;1H4. The maximum Gasteiger partial charge on any atom is 0.502 e. The lowest BCUT2D eigenvalue weighted by Gasteiger charge is -2.29. The molecule has 0 saturated heterocycles. The largest absolute Gasteiger partial charge is 0.502 e. The van der Waals surface area contributed by atoms with Gasteiger partial charge in [0.25, 0.3) is 0 Å². The van der Waals surface area contributed by atoms with Crippen LogP contribution in [0.3, 0.4) is 0 Å². The average Bonchev–Trinajstić information content (AvgIpc) is 0.870. The van der Waals surface area contributed by atoms with Gasteiger partial charge in [0.1, 0.15) is 0 Å². The van der Waals surface area contributed by atoms with Crippen LogP contribution in [0.25, 0.3) is 0 Å². The van der Waals surface area contributed by atoms with Crippen LogP contribution < -0.4 is 34.4 Å². The van der Waals surface area contributed by atoms with E-state index in [1.165, 1.54) is 6.55 Å². The maximum absolute atomic E-state index is 8.93. The predicted octanol–water partition coefficient (Wildman–Crippen LogP) is 2.45. The molecular formula is C80H222N12O35Si12. The van der Waals surface area contributed by atoms with Gasteiger partial charge in [0.15, 0.2) is 0 Å². The zero-order valence-corrected chi connectivity index (χ0v) is 106. The van der Waals surface area contributed by atoms with Crippen LogP contribution in [-0.2, 0) is 106 Å². The van der Waals surface area contributed by atoms with Gasteiger partial charge in [-0.25, -0.2) is 0 Å². The third-order valence-electron chi connectivity index (χ3n) is 17.6. The Morgan fingerprint density at radius 1 is 0.180 bits per heavy atom. The van der Waals surface area contributed by atoms with Crippen LogP contribution in [0.5, 0.6) is 0 Å². The molecule has 0 amide bonds. The molecule has 0 aromatic heterocycles. The molecule has 0 aromatic rings. The number of hydrogen-bond acceptors (Lipinski definition) is 47. The first-order chi connectivity index (χ1) is 64.3. The molecule has 47 nitrogen and oxygen atoms in total. The van der Waals surface area contributed by atoms with E-state index in [2.05, 4.69) is 47.8 Å². The summed E-state index contributed by atoms with van der Waals surface area (Å²) in [5.74, 6) is 0. The summed E-state index contributed by atoms with van der Waals surface area (Å²) in [5, 5.41) is 0. The molecule has 0 aromatic carbocycles. The Labute approximate surface area is 859 Å². The van der Waals surface area contributed by atoms with E-state index in [1.807, 2.05) is 149 Å². The van der Waals surface area contributed by atoms with E-state index in [0.29, 0.717) is 143 Å². The highest BCUT2D eigenvalue weighted by Crippen LogP contribution is 2.23. The zero-order chi connectivity index (χ0) is 110. The van der Waals surface area contributed by atoms with Crippen LogP contribution in [0.1, 0.15) is 129 Å². The SMILES string of the molecule is C.CCO[Si](CCCN(C)C)(OCC)OCC.CCO[Si](CCCN)(OCC)OCC.CCO[Si](CCN(C)C)(OCC)OCC.CCO[Si](CCN)(OCC)OCC.CN(C)CCC[Si](O)(O)O.CN(C)CC[Si](C)(O)O.CO[Si](CCCN(C)C)(OC)OC.CO[Si](CCCN)(OC)OC.CO[Si](CCN(C)C)(OC)OC.CO[Si](CCN)(OC)OC.NCCC[Si](O)(O)O.NCC[Si](O)(O)O.